The highest BCUT2D eigenvalue weighted by Crippen LogP contribution is 2.28. The first-order valence-corrected chi connectivity index (χ1v) is 7.14. The molecule has 0 unspecified atom stereocenters. The van der Waals surface area contributed by atoms with Crippen LogP contribution >= 0.6 is 15.9 Å². The number of hydrogen-bond donors (Lipinski definition) is 1. The highest BCUT2D eigenvalue weighted by Gasteiger charge is 2.13. The van der Waals surface area contributed by atoms with E-state index in [-0.39, 0.29) is 0 Å². The molecule has 1 heterocycles. The van der Waals surface area contributed by atoms with Crippen molar-refractivity contribution in [2.24, 2.45) is 0 Å². The Hall–Kier alpha value is -1.69. The third-order valence-corrected chi connectivity index (χ3v) is 4.07. The van der Waals surface area contributed by atoms with Crippen LogP contribution in [0.5, 0.6) is 11.5 Å². The van der Waals surface area contributed by atoms with E-state index in [9.17, 15) is 0 Å². The lowest BCUT2D eigenvalue weighted by Gasteiger charge is -2.11. The van der Waals surface area contributed by atoms with Gasteiger partial charge >= 0.3 is 0 Å². The zero-order valence-corrected chi connectivity index (χ0v) is 13.4. The molecule has 2 N–H and O–H groups in total. The lowest BCUT2D eigenvalue weighted by Crippen LogP contribution is -2.07. The summed E-state index contributed by atoms with van der Waals surface area (Å²) in [5.74, 6) is 1.35. The van der Waals surface area contributed by atoms with Crippen LogP contribution in [0.3, 0.4) is 0 Å². The van der Waals surface area contributed by atoms with E-state index < -0.39 is 0 Å². The summed E-state index contributed by atoms with van der Waals surface area (Å²) in [5.41, 5.74) is 8.44. The standard InChI is InChI=1S/C14H18BrN3O2/c1-4-18-12(14(15)9(2)17-18)8-20-13-6-5-10(19-3)7-11(13)16/h5-7H,4,8,16H2,1-3H3. The van der Waals surface area contributed by atoms with E-state index in [1.807, 2.05) is 30.7 Å². The lowest BCUT2D eigenvalue weighted by molar-refractivity contribution is 0.292. The van der Waals surface area contributed by atoms with Crippen LogP contribution in [0.25, 0.3) is 0 Å². The van der Waals surface area contributed by atoms with E-state index in [1.165, 1.54) is 0 Å². The molecule has 0 radical (unpaired) electrons. The molecule has 0 bridgehead atoms. The summed E-state index contributed by atoms with van der Waals surface area (Å²) in [4.78, 5) is 0. The van der Waals surface area contributed by atoms with Crippen molar-refractivity contribution in [3.63, 3.8) is 0 Å². The number of anilines is 1. The van der Waals surface area contributed by atoms with E-state index in [1.54, 1.807) is 13.2 Å². The van der Waals surface area contributed by atoms with E-state index >= 15 is 0 Å². The molecule has 0 saturated carbocycles. The van der Waals surface area contributed by atoms with Gasteiger partial charge in [0.2, 0.25) is 0 Å². The molecule has 2 aromatic rings. The summed E-state index contributed by atoms with van der Waals surface area (Å²) in [6.45, 7) is 5.21. The normalized spacial score (nSPS) is 10.6. The molecule has 108 valence electrons. The predicted octanol–water partition coefficient (Wildman–Crippen LogP) is 3.14. The highest BCUT2D eigenvalue weighted by molar-refractivity contribution is 9.10. The van der Waals surface area contributed by atoms with Crippen molar-refractivity contribution in [1.82, 2.24) is 9.78 Å². The van der Waals surface area contributed by atoms with Crippen LogP contribution in [-0.2, 0) is 13.2 Å². The Bertz CT molecular complexity index is 611. The van der Waals surface area contributed by atoms with Gasteiger partial charge in [-0.25, -0.2) is 0 Å². The molecule has 2 rings (SSSR count). The first kappa shape index (κ1) is 14.7. The second kappa shape index (κ2) is 6.17. The summed E-state index contributed by atoms with van der Waals surface area (Å²) >= 11 is 3.54. The van der Waals surface area contributed by atoms with Gasteiger partial charge in [-0.05, 0) is 41.9 Å². The van der Waals surface area contributed by atoms with Crippen LogP contribution < -0.4 is 15.2 Å². The van der Waals surface area contributed by atoms with Crippen molar-refractivity contribution < 1.29 is 9.47 Å². The van der Waals surface area contributed by atoms with Crippen LogP contribution in [0.2, 0.25) is 0 Å². The van der Waals surface area contributed by atoms with E-state index in [0.717, 1.165) is 22.4 Å². The Labute approximate surface area is 126 Å². The lowest BCUT2D eigenvalue weighted by atomic mass is 10.3. The topological polar surface area (TPSA) is 62.3 Å². The molecular formula is C14H18BrN3O2. The third kappa shape index (κ3) is 2.90. The van der Waals surface area contributed by atoms with Crippen LogP contribution in [-0.4, -0.2) is 16.9 Å². The zero-order chi connectivity index (χ0) is 14.7. The van der Waals surface area contributed by atoms with E-state index in [4.69, 9.17) is 15.2 Å². The molecule has 0 aliphatic heterocycles. The maximum Gasteiger partial charge on any atom is 0.143 e. The van der Waals surface area contributed by atoms with Gasteiger partial charge in [-0.1, -0.05) is 0 Å². The molecule has 6 heteroatoms. The monoisotopic (exact) mass is 339 g/mol. The Morgan fingerprint density at radius 3 is 2.75 bits per heavy atom. The van der Waals surface area contributed by atoms with Gasteiger partial charge in [0.25, 0.3) is 0 Å². The molecule has 0 aliphatic carbocycles. The minimum absolute atomic E-state index is 0.409. The maximum absolute atomic E-state index is 5.94. The fraction of sp³-hybridized carbons (Fsp3) is 0.357. The fourth-order valence-corrected chi connectivity index (χ4v) is 2.34. The first-order valence-electron chi connectivity index (χ1n) is 6.34. The smallest absolute Gasteiger partial charge is 0.143 e. The summed E-state index contributed by atoms with van der Waals surface area (Å²) in [5, 5.41) is 4.43. The maximum atomic E-state index is 5.94. The van der Waals surface area contributed by atoms with Crippen molar-refractivity contribution in [2.45, 2.75) is 27.0 Å². The number of aryl methyl sites for hydroxylation is 2. The largest absolute Gasteiger partial charge is 0.497 e. The molecule has 1 aromatic carbocycles. The van der Waals surface area contributed by atoms with Gasteiger partial charge in [0, 0.05) is 12.6 Å². The van der Waals surface area contributed by atoms with Crippen LogP contribution in [0.4, 0.5) is 5.69 Å². The van der Waals surface area contributed by atoms with Crippen LogP contribution in [0.1, 0.15) is 18.3 Å². The number of aromatic nitrogens is 2. The molecule has 0 spiro atoms. The highest BCUT2D eigenvalue weighted by atomic mass is 79.9. The van der Waals surface area contributed by atoms with E-state index in [0.29, 0.717) is 23.8 Å². The molecule has 0 saturated heterocycles. The second-order valence-corrected chi connectivity index (χ2v) is 5.15. The van der Waals surface area contributed by atoms with Gasteiger partial charge in [-0.3, -0.25) is 4.68 Å². The average Bonchev–Trinajstić information content (AvgIpc) is 2.73. The first-order chi connectivity index (χ1) is 9.56. The van der Waals surface area contributed by atoms with Crippen molar-refractivity contribution >= 4 is 21.6 Å². The number of benzene rings is 1. The quantitative estimate of drug-likeness (QED) is 0.850. The van der Waals surface area contributed by atoms with Gasteiger partial charge in [0.05, 0.1) is 28.7 Å². The molecule has 0 amide bonds. The molecule has 20 heavy (non-hydrogen) atoms. The Morgan fingerprint density at radius 2 is 2.15 bits per heavy atom. The van der Waals surface area contributed by atoms with Gasteiger partial charge in [-0.2, -0.15) is 5.10 Å². The minimum Gasteiger partial charge on any atom is -0.497 e. The van der Waals surface area contributed by atoms with Gasteiger partial charge < -0.3 is 15.2 Å². The summed E-state index contributed by atoms with van der Waals surface area (Å²) in [6.07, 6.45) is 0. The molecule has 5 nitrogen and oxygen atoms in total. The van der Waals surface area contributed by atoms with Gasteiger partial charge in [-0.15, -0.1) is 0 Å². The van der Waals surface area contributed by atoms with Crippen LogP contribution in [0, 0.1) is 6.92 Å². The van der Waals surface area contributed by atoms with Crippen molar-refractivity contribution in [3.05, 3.63) is 34.1 Å². The summed E-state index contributed by atoms with van der Waals surface area (Å²) in [7, 11) is 1.61. The Kier molecular flexibility index (Phi) is 4.54. The fourth-order valence-electron chi connectivity index (χ4n) is 1.94. The average molecular weight is 340 g/mol. The summed E-state index contributed by atoms with van der Waals surface area (Å²) < 4.78 is 13.8. The molecule has 0 fully saturated rings. The van der Waals surface area contributed by atoms with E-state index in [2.05, 4.69) is 21.0 Å². The number of nitrogen functional groups attached to an aromatic ring is 1. The summed E-state index contributed by atoms with van der Waals surface area (Å²) in [6, 6.07) is 5.37. The van der Waals surface area contributed by atoms with Crippen molar-refractivity contribution in [1.29, 1.82) is 0 Å². The predicted molar refractivity (Wildman–Crippen MR) is 82.1 cm³/mol. The number of nitrogens with two attached hydrogens (primary N) is 1. The van der Waals surface area contributed by atoms with Crippen molar-refractivity contribution in [2.75, 3.05) is 12.8 Å². The molecule has 0 atom stereocenters. The Balaban J connectivity index is 2.17. The number of rotatable bonds is 5. The second-order valence-electron chi connectivity index (χ2n) is 4.35. The molecule has 0 aliphatic rings. The molecular weight excluding hydrogens is 322 g/mol. The molecule has 1 aromatic heterocycles. The number of ether oxygens (including phenoxy) is 2. The SMILES string of the molecule is CCn1nc(C)c(Br)c1COc1ccc(OC)cc1N. The third-order valence-electron chi connectivity index (χ3n) is 3.03. The zero-order valence-electron chi connectivity index (χ0n) is 11.8. The van der Waals surface area contributed by atoms with Gasteiger partial charge in [0.1, 0.15) is 18.1 Å². The van der Waals surface area contributed by atoms with Gasteiger partial charge in [0.15, 0.2) is 0 Å². The Morgan fingerprint density at radius 1 is 1.40 bits per heavy atom. The number of nitrogens with zero attached hydrogens (tertiary/aromatic N) is 2. The van der Waals surface area contributed by atoms with Crippen molar-refractivity contribution in [3.8, 4) is 11.5 Å². The number of hydrogen-bond acceptors (Lipinski definition) is 4. The number of methoxy groups -OCH3 is 1. The minimum atomic E-state index is 0.409. The van der Waals surface area contributed by atoms with Crippen LogP contribution in [0.15, 0.2) is 22.7 Å². The number of halogens is 1.